The molecule has 0 atom stereocenters. The highest BCUT2D eigenvalue weighted by Crippen LogP contribution is 2.28. The molecule has 1 heterocycles. The Morgan fingerprint density at radius 3 is 2.39 bits per heavy atom. The van der Waals surface area contributed by atoms with Crippen LogP contribution < -0.4 is 5.32 Å². The summed E-state index contributed by atoms with van der Waals surface area (Å²) in [4.78, 5) is 27.0. The van der Waals surface area contributed by atoms with Crippen LogP contribution in [0.3, 0.4) is 0 Å². The second-order valence-electron chi connectivity index (χ2n) is 5.35. The topological polar surface area (TPSA) is 102 Å². The van der Waals surface area contributed by atoms with E-state index < -0.39 is 39.0 Å². The average molecular weight is 453 g/mol. The first kappa shape index (κ1) is 22.0. The molecule has 0 aliphatic heterocycles. The molecule has 0 bridgehead atoms. The molecule has 1 aromatic carbocycles. The lowest BCUT2D eigenvalue weighted by atomic mass is 10.2. The summed E-state index contributed by atoms with van der Waals surface area (Å²) in [6.45, 7) is 0.940. The number of sulfone groups is 1. The van der Waals surface area contributed by atoms with Crippen LogP contribution in [0.25, 0.3) is 0 Å². The van der Waals surface area contributed by atoms with Crippen molar-refractivity contribution in [1.29, 1.82) is 0 Å². The van der Waals surface area contributed by atoms with Crippen molar-refractivity contribution in [3.63, 3.8) is 0 Å². The maximum Gasteiger partial charge on any atom is 0.341 e. The molecular formula is C16H12Cl2F2N2O5S. The third-order valence-corrected chi connectivity index (χ3v) is 5.69. The zero-order chi connectivity index (χ0) is 21.1. The normalized spacial score (nSPS) is 11.4. The first-order valence-corrected chi connectivity index (χ1v) is 9.74. The zero-order valence-corrected chi connectivity index (χ0v) is 16.4. The number of hydrogen-bond donors (Lipinski definition) is 1. The van der Waals surface area contributed by atoms with Crippen molar-refractivity contribution in [3.8, 4) is 0 Å². The van der Waals surface area contributed by atoms with Gasteiger partial charge in [-0.15, -0.1) is 0 Å². The van der Waals surface area contributed by atoms with Gasteiger partial charge in [0.15, 0.2) is 12.4 Å². The van der Waals surface area contributed by atoms with Gasteiger partial charge < -0.3 is 10.1 Å². The largest absolute Gasteiger partial charge is 0.452 e. The first-order valence-electron chi connectivity index (χ1n) is 7.43. The number of amides is 1. The van der Waals surface area contributed by atoms with Gasteiger partial charge in [0, 0.05) is 6.20 Å². The number of rotatable bonds is 6. The maximum absolute atomic E-state index is 12.5. The minimum atomic E-state index is -4.77. The molecule has 12 heteroatoms. The molecule has 150 valence electrons. The predicted octanol–water partition coefficient (Wildman–Crippen LogP) is 3.49. The van der Waals surface area contributed by atoms with E-state index in [1.54, 1.807) is 6.92 Å². The summed E-state index contributed by atoms with van der Waals surface area (Å²) in [5, 5.41) is 2.79. The highest BCUT2D eigenvalue weighted by molar-refractivity contribution is 7.91. The quantitative estimate of drug-likeness (QED) is 0.672. The lowest BCUT2D eigenvalue weighted by molar-refractivity contribution is -0.119. The van der Waals surface area contributed by atoms with Crippen molar-refractivity contribution in [2.75, 3.05) is 11.9 Å². The number of nitrogens with zero attached hydrogens (tertiary/aromatic N) is 1. The van der Waals surface area contributed by atoms with E-state index in [-0.39, 0.29) is 16.4 Å². The van der Waals surface area contributed by atoms with Gasteiger partial charge in [-0.3, -0.25) is 4.79 Å². The van der Waals surface area contributed by atoms with Crippen LogP contribution in [0.2, 0.25) is 10.0 Å². The van der Waals surface area contributed by atoms with Gasteiger partial charge in [0.05, 0.1) is 20.5 Å². The van der Waals surface area contributed by atoms with Crippen molar-refractivity contribution >= 4 is 50.7 Å². The molecule has 7 nitrogen and oxygen atoms in total. The Kier molecular flexibility index (Phi) is 6.91. The van der Waals surface area contributed by atoms with E-state index in [1.807, 2.05) is 0 Å². The van der Waals surface area contributed by atoms with Gasteiger partial charge in [0.1, 0.15) is 0 Å². The molecule has 1 aromatic heterocycles. The summed E-state index contributed by atoms with van der Waals surface area (Å²) >= 11 is 11.8. The predicted molar refractivity (Wildman–Crippen MR) is 97.5 cm³/mol. The van der Waals surface area contributed by atoms with Crippen molar-refractivity contribution in [1.82, 2.24) is 4.98 Å². The van der Waals surface area contributed by atoms with Gasteiger partial charge >= 0.3 is 11.7 Å². The third-order valence-electron chi connectivity index (χ3n) is 3.45. The fourth-order valence-corrected chi connectivity index (χ4v) is 3.02. The van der Waals surface area contributed by atoms with E-state index in [9.17, 15) is 26.8 Å². The zero-order valence-electron chi connectivity index (χ0n) is 14.1. The Morgan fingerprint density at radius 1 is 1.21 bits per heavy atom. The first-order chi connectivity index (χ1) is 13.0. The van der Waals surface area contributed by atoms with Crippen LogP contribution in [-0.2, 0) is 19.4 Å². The van der Waals surface area contributed by atoms with E-state index in [0.29, 0.717) is 10.6 Å². The van der Waals surface area contributed by atoms with E-state index in [4.69, 9.17) is 27.9 Å². The number of carbonyl (C=O) groups is 2. The average Bonchev–Trinajstić information content (AvgIpc) is 2.66. The fraction of sp³-hybridized carbons (Fsp3) is 0.188. The monoisotopic (exact) mass is 452 g/mol. The van der Waals surface area contributed by atoms with Crippen molar-refractivity contribution in [2.45, 2.75) is 17.6 Å². The van der Waals surface area contributed by atoms with Crippen molar-refractivity contribution < 1.29 is 31.5 Å². The van der Waals surface area contributed by atoms with E-state index in [2.05, 4.69) is 10.3 Å². The third kappa shape index (κ3) is 4.94. The molecule has 2 rings (SSSR count). The highest BCUT2D eigenvalue weighted by Gasteiger charge is 2.26. The molecule has 0 radical (unpaired) electrons. The Labute approximate surface area is 168 Å². The number of halogens is 4. The minimum Gasteiger partial charge on any atom is -0.452 e. The maximum atomic E-state index is 12.5. The number of anilines is 1. The number of aromatic nitrogens is 1. The molecule has 0 unspecified atom stereocenters. The van der Waals surface area contributed by atoms with Crippen LogP contribution in [0.5, 0.6) is 0 Å². The summed E-state index contributed by atoms with van der Waals surface area (Å²) in [5.41, 5.74) is 0.379. The highest BCUT2D eigenvalue weighted by atomic mass is 35.5. The molecule has 1 N–H and O–H groups in total. The lowest BCUT2D eigenvalue weighted by Crippen LogP contribution is -2.22. The molecule has 0 spiro atoms. The van der Waals surface area contributed by atoms with Gasteiger partial charge in [-0.1, -0.05) is 23.2 Å². The van der Waals surface area contributed by atoms with Crippen LogP contribution in [0, 0.1) is 6.92 Å². The van der Waals surface area contributed by atoms with Gasteiger partial charge in [0.2, 0.25) is 9.84 Å². The van der Waals surface area contributed by atoms with Crippen LogP contribution in [0.15, 0.2) is 35.4 Å². The number of esters is 1. The molecule has 2 aromatic rings. The molecule has 1 amide bonds. The number of ether oxygens (including phenoxy) is 1. The molecule has 0 saturated heterocycles. The molecule has 28 heavy (non-hydrogen) atoms. The SMILES string of the molecule is Cc1c(Cl)cnc(NC(=O)COC(=O)c2ccc(S(=O)(=O)C(F)F)cc2)c1Cl. The Bertz CT molecular complexity index is 1010. The van der Waals surface area contributed by atoms with Crippen molar-refractivity contribution in [3.05, 3.63) is 51.6 Å². The Hall–Kier alpha value is -2.30. The van der Waals surface area contributed by atoms with E-state index >= 15 is 0 Å². The molecule has 0 aliphatic rings. The van der Waals surface area contributed by atoms with Crippen molar-refractivity contribution in [2.24, 2.45) is 0 Å². The standard InChI is InChI=1S/C16H12Cl2F2N2O5S/c1-8-11(17)6-21-14(13(8)18)22-12(23)7-27-15(24)9-2-4-10(5-3-9)28(25,26)16(19)20/h2-6,16H,7H2,1H3,(H,21,22,23). The summed E-state index contributed by atoms with van der Waals surface area (Å²) in [6, 6.07) is 3.68. The summed E-state index contributed by atoms with van der Waals surface area (Å²) in [6.07, 6.45) is 1.29. The summed E-state index contributed by atoms with van der Waals surface area (Å²) in [5.74, 6) is -5.24. The molecule has 0 fully saturated rings. The summed E-state index contributed by atoms with van der Waals surface area (Å²) in [7, 11) is -4.77. The number of carbonyl (C=O) groups excluding carboxylic acids is 2. The van der Waals surface area contributed by atoms with E-state index in [1.165, 1.54) is 6.20 Å². The Balaban J connectivity index is 1.99. The van der Waals surface area contributed by atoms with Gasteiger partial charge in [-0.25, -0.2) is 18.2 Å². The fourth-order valence-electron chi connectivity index (χ4n) is 1.91. The summed E-state index contributed by atoms with van der Waals surface area (Å²) < 4.78 is 52.4. The second kappa shape index (κ2) is 8.80. The number of nitrogens with one attached hydrogen (secondary N) is 1. The smallest absolute Gasteiger partial charge is 0.341 e. The van der Waals surface area contributed by atoms with Crippen LogP contribution >= 0.6 is 23.2 Å². The van der Waals surface area contributed by atoms with Gasteiger partial charge in [0.25, 0.3) is 5.91 Å². The number of benzene rings is 1. The molecular weight excluding hydrogens is 441 g/mol. The van der Waals surface area contributed by atoms with Crippen LogP contribution in [0.1, 0.15) is 15.9 Å². The van der Waals surface area contributed by atoms with Gasteiger partial charge in [-0.2, -0.15) is 8.78 Å². The second-order valence-corrected chi connectivity index (χ2v) is 8.05. The van der Waals surface area contributed by atoms with Crippen LogP contribution in [-0.4, -0.2) is 37.6 Å². The minimum absolute atomic E-state index is 0.0335. The van der Waals surface area contributed by atoms with E-state index in [0.717, 1.165) is 24.3 Å². The number of alkyl halides is 2. The lowest BCUT2D eigenvalue weighted by Gasteiger charge is -2.09. The molecule has 0 aliphatic carbocycles. The van der Waals surface area contributed by atoms with Gasteiger partial charge in [-0.05, 0) is 36.8 Å². The number of pyridine rings is 1. The van der Waals surface area contributed by atoms with Crippen LogP contribution in [0.4, 0.5) is 14.6 Å². The Morgan fingerprint density at radius 2 is 1.82 bits per heavy atom. The number of hydrogen-bond acceptors (Lipinski definition) is 6. The molecule has 0 saturated carbocycles.